The second-order valence-electron chi connectivity index (χ2n) is 11.2. The summed E-state index contributed by atoms with van der Waals surface area (Å²) in [7, 11) is -11.5. The third-order valence-electron chi connectivity index (χ3n) is 7.67. The number of hydrogen-bond acceptors (Lipinski definition) is 20. The van der Waals surface area contributed by atoms with E-state index >= 15 is 0 Å². The second kappa shape index (κ2) is 16.3. The standard InChI is InChI=1S/C23H37N3O22P2/c1-7(29)24-12-15(33)19(46-22-18(36)16(34)13(31)8(4-27)44-22)9(5-28)45-21(12)47-50(40,41)48-49(38,39)42-6-10-14(32)17(35)20(43-10)26-3-2-11(30)25-23(26)37/h2-3,8-10,12-22,27-28,31-36H,4-6H2,1H3,(H,24,29)(H,38,39)(H,40,41)(H,25,30,37)/t8?,9?,10-,12?,13?,14-,15?,16?,17-,18?,19?,20-,21?,22?/m1/s1. The topological polar surface area (TPSA) is 385 Å². The Hall–Kier alpha value is -2.07. The number of nitrogens with zero attached hydrogens (tertiary/aromatic N) is 1. The van der Waals surface area contributed by atoms with Crippen LogP contribution in [-0.2, 0) is 46.2 Å². The normalized spacial score (nSPS) is 40.1. The Labute approximate surface area is 279 Å². The minimum absolute atomic E-state index is 0.698. The van der Waals surface area contributed by atoms with Crippen molar-refractivity contribution < 1.29 is 96.9 Å². The summed E-state index contributed by atoms with van der Waals surface area (Å²) >= 11 is 0. The molecule has 50 heavy (non-hydrogen) atoms. The van der Waals surface area contributed by atoms with Crippen LogP contribution in [0.1, 0.15) is 13.2 Å². The Kier molecular flexibility index (Phi) is 13.3. The highest BCUT2D eigenvalue weighted by Gasteiger charge is 2.53. The van der Waals surface area contributed by atoms with Gasteiger partial charge in [-0.3, -0.25) is 28.2 Å². The van der Waals surface area contributed by atoms with Gasteiger partial charge in [-0.05, 0) is 0 Å². The van der Waals surface area contributed by atoms with Crippen LogP contribution in [0, 0.1) is 0 Å². The molecule has 3 aliphatic rings. The summed E-state index contributed by atoms with van der Waals surface area (Å²) in [5.74, 6) is -0.898. The predicted molar refractivity (Wildman–Crippen MR) is 153 cm³/mol. The molecule has 1 aromatic heterocycles. The zero-order chi connectivity index (χ0) is 37.3. The fourth-order valence-corrected chi connectivity index (χ4v) is 7.41. The number of phosphoric ester groups is 2. The highest BCUT2D eigenvalue weighted by atomic mass is 31.3. The fourth-order valence-electron chi connectivity index (χ4n) is 5.24. The summed E-state index contributed by atoms with van der Waals surface area (Å²) in [6.45, 7) is -2.06. The molecule has 0 spiro atoms. The van der Waals surface area contributed by atoms with Gasteiger partial charge in [-0.2, -0.15) is 4.31 Å². The maximum atomic E-state index is 12.8. The lowest BCUT2D eigenvalue weighted by Crippen LogP contribution is -2.67. The number of aliphatic hydroxyl groups is 8. The maximum absolute atomic E-state index is 12.8. The molecule has 286 valence electrons. The minimum atomic E-state index is -5.81. The summed E-state index contributed by atoms with van der Waals surface area (Å²) in [4.78, 5) is 57.6. The minimum Gasteiger partial charge on any atom is -0.394 e. The number of carbonyl (C=O) groups is 1. The van der Waals surface area contributed by atoms with Gasteiger partial charge in [0.25, 0.3) is 5.56 Å². The molecule has 12 N–H and O–H groups in total. The number of H-pyrrole nitrogens is 1. The van der Waals surface area contributed by atoms with E-state index < -0.39 is 139 Å². The summed E-state index contributed by atoms with van der Waals surface area (Å²) in [6, 6.07) is -0.978. The van der Waals surface area contributed by atoms with Gasteiger partial charge in [0.05, 0.1) is 19.8 Å². The van der Waals surface area contributed by atoms with Crippen LogP contribution in [0.3, 0.4) is 0 Å². The van der Waals surface area contributed by atoms with E-state index in [1.165, 1.54) is 0 Å². The van der Waals surface area contributed by atoms with Gasteiger partial charge in [0.2, 0.25) is 5.91 Å². The van der Waals surface area contributed by atoms with E-state index in [9.17, 15) is 74.2 Å². The van der Waals surface area contributed by atoms with E-state index in [-0.39, 0.29) is 0 Å². The maximum Gasteiger partial charge on any atom is 0.483 e. The molecule has 16 atom stereocenters. The zero-order valence-electron chi connectivity index (χ0n) is 25.6. The molecular formula is C23H37N3O22P2. The number of phosphoric acid groups is 2. The zero-order valence-corrected chi connectivity index (χ0v) is 27.4. The van der Waals surface area contributed by atoms with Gasteiger partial charge in [-0.1, -0.05) is 0 Å². The van der Waals surface area contributed by atoms with Crippen molar-refractivity contribution in [2.24, 2.45) is 0 Å². The molecule has 12 unspecified atom stereocenters. The van der Waals surface area contributed by atoms with Gasteiger partial charge >= 0.3 is 21.3 Å². The number of aromatic amines is 1. The highest BCUT2D eigenvalue weighted by Crippen LogP contribution is 2.61. The number of aliphatic hydroxyl groups excluding tert-OH is 8. The smallest absolute Gasteiger partial charge is 0.394 e. The van der Waals surface area contributed by atoms with Crippen molar-refractivity contribution in [3.05, 3.63) is 33.1 Å². The van der Waals surface area contributed by atoms with Crippen LogP contribution in [0.25, 0.3) is 0 Å². The van der Waals surface area contributed by atoms with E-state index in [1.54, 1.807) is 0 Å². The van der Waals surface area contributed by atoms with Gasteiger partial charge in [0.15, 0.2) is 18.8 Å². The first kappa shape index (κ1) is 40.7. The molecule has 0 radical (unpaired) electrons. The molecule has 27 heteroatoms. The van der Waals surface area contributed by atoms with Crippen LogP contribution in [0.5, 0.6) is 0 Å². The largest absolute Gasteiger partial charge is 0.483 e. The van der Waals surface area contributed by atoms with Crippen LogP contribution in [-0.4, -0.2) is 166 Å². The summed E-state index contributed by atoms with van der Waals surface area (Å²) < 4.78 is 61.2. The van der Waals surface area contributed by atoms with Crippen LogP contribution in [0.4, 0.5) is 0 Å². The Morgan fingerprint density at radius 3 is 2.08 bits per heavy atom. The molecule has 0 aliphatic carbocycles. The second-order valence-corrected chi connectivity index (χ2v) is 14.2. The molecule has 1 amide bonds. The van der Waals surface area contributed by atoms with Gasteiger partial charge in [-0.25, -0.2) is 13.9 Å². The third kappa shape index (κ3) is 9.28. The molecule has 25 nitrogen and oxygen atoms in total. The molecule has 0 saturated carbocycles. The number of ether oxygens (including phenoxy) is 4. The molecule has 4 rings (SSSR count). The Morgan fingerprint density at radius 1 is 0.860 bits per heavy atom. The number of carbonyl (C=O) groups excluding carboxylic acids is 1. The first-order chi connectivity index (χ1) is 23.3. The predicted octanol–water partition coefficient (Wildman–Crippen LogP) is -6.83. The molecule has 3 saturated heterocycles. The van der Waals surface area contributed by atoms with Gasteiger partial charge in [0, 0.05) is 19.2 Å². The van der Waals surface area contributed by atoms with Crippen LogP contribution in [0.15, 0.2) is 21.9 Å². The number of amides is 1. The van der Waals surface area contributed by atoms with E-state index in [0.717, 1.165) is 19.2 Å². The molecule has 3 fully saturated rings. The molecule has 1 aromatic rings. The lowest BCUT2D eigenvalue weighted by Gasteiger charge is -2.47. The lowest BCUT2D eigenvalue weighted by molar-refractivity contribution is -0.344. The van der Waals surface area contributed by atoms with Crippen molar-refractivity contribution >= 4 is 21.6 Å². The van der Waals surface area contributed by atoms with Crippen molar-refractivity contribution in [2.75, 3.05) is 19.8 Å². The Bertz CT molecular complexity index is 1540. The van der Waals surface area contributed by atoms with Crippen LogP contribution in [0.2, 0.25) is 0 Å². The van der Waals surface area contributed by atoms with Gasteiger partial charge in [0.1, 0.15) is 67.1 Å². The monoisotopic (exact) mass is 769 g/mol. The first-order valence-electron chi connectivity index (χ1n) is 14.5. The average molecular weight is 769 g/mol. The number of rotatable bonds is 13. The van der Waals surface area contributed by atoms with Gasteiger partial charge < -0.3 is 74.9 Å². The number of hydrogen-bond donors (Lipinski definition) is 12. The number of aromatic nitrogens is 2. The summed E-state index contributed by atoms with van der Waals surface area (Å²) in [5.41, 5.74) is -1.81. The van der Waals surface area contributed by atoms with Crippen molar-refractivity contribution in [3.63, 3.8) is 0 Å². The summed E-state index contributed by atoms with van der Waals surface area (Å²) in [5, 5.41) is 83.5. The quantitative estimate of drug-likeness (QED) is 0.0829. The van der Waals surface area contributed by atoms with Gasteiger partial charge in [-0.15, -0.1) is 0 Å². The van der Waals surface area contributed by atoms with Crippen LogP contribution >= 0.6 is 15.6 Å². The van der Waals surface area contributed by atoms with Crippen molar-refractivity contribution in [1.29, 1.82) is 0 Å². The average Bonchev–Trinajstić information content (AvgIpc) is 3.30. The van der Waals surface area contributed by atoms with Crippen molar-refractivity contribution in [3.8, 4) is 0 Å². The first-order valence-corrected chi connectivity index (χ1v) is 17.5. The van der Waals surface area contributed by atoms with E-state index in [1.807, 2.05) is 4.98 Å². The van der Waals surface area contributed by atoms with E-state index in [4.69, 9.17) is 23.5 Å². The number of nitrogens with one attached hydrogen (secondary N) is 2. The SMILES string of the molecule is CC(=O)NC1C(OP(=O)(O)OP(=O)(O)OC[C@H]2O[C@@H](n3ccc(=O)[nH]c3=O)[C@H](O)[C@@H]2O)OC(CO)C(OC2OC(CO)C(O)C(O)C2O)C1O. The highest BCUT2D eigenvalue weighted by molar-refractivity contribution is 7.61. The van der Waals surface area contributed by atoms with Crippen LogP contribution < -0.4 is 16.6 Å². The van der Waals surface area contributed by atoms with E-state index in [0.29, 0.717) is 4.57 Å². The Balaban J connectivity index is 1.43. The molecule has 4 heterocycles. The molecule has 0 bridgehead atoms. The third-order valence-corrected chi connectivity index (χ3v) is 10.3. The molecular weight excluding hydrogens is 732 g/mol. The summed E-state index contributed by atoms with van der Waals surface area (Å²) in [6.07, 6.45) is -22.8. The Morgan fingerprint density at radius 2 is 1.48 bits per heavy atom. The van der Waals surface area contributed by atoms with Crippen molar-refractivity contribution in [2.45, 2.75) is 92.8 Å². The molecule has 3 aliphatic heterocycles. The lowest BCUT2D eigenvalue weighted by atomic mass is 9.95. The van der Waals surface area contributed by atoms with Crippen molar-refractivity contribution in [1.82, 2.24) is 14.9 Å². The fraction of sp³-hybridized carbons (Fsp3) is 0.783. The molecule has 0 aromatic carbocycles. The van der Waals surface area contributed by atoms with E-state index in [2.05, 4.69) is 14.2 Å².